The molecule has 2 saturated carbocycles. The highest BCUT2D eigenvalue weighted by molar-refractivity contribution is 6.30. The van der Waals surface area contributed by atoms with Crippen LogP contribution in [0.1, 0.15) is 70.8 Å². The smallest absolute Gasteiger partial charge is 0.254 e. The van der Waals surface area contributed by atoms with Gasteiger partial charge in [-0.1, -0.05) is 11.6 Å². The van der Waals surface area contributed by atoms with E-state index in [4.69, 9.17) is 11.6 Å². The summed E-state index contributed by atoms with van der Waals surface area (Å²) in [6.07, 6.45) is 7.68. The number of piperidine rings is 1. The standard InChI is InChI=1S/C28H27ClN6O2/c1-15-5-19(11-31-26(15)34-13-20-8-25(20)28(34)37)16(2)35-14-21(12-32-35)27(36)33-23-6-18(7-23)24-9-22(29)4-3-17(24)10-30/h3-5,9,11-12,14,16,18,20,23,25H,6-8,13H2,1-2H3,(H,33,36)/t16-,18?,20-,23?,25-/m1/s1. The van der Waals surface area contributed by atoms with Crippen LogP contribution in [0, 0.1) is 30.1 Å². The fourth-order valence-corrected chi connectivity index (χ4v) is 5.80. The van der Waals surface area contributed by atoms with Crippen LogP contribution >= 0.6 is 11.6 Å². The Hall–Kier alpha value is -3.70. The summed E-state index contributed by atoms with van der Waals surface area (Å²) in [7, 11) is 0. The van der Waals surface area contributed by atoms with Crippen molar-refractivity contribution in [1.29, 1.82) is 5.26 Å². The number of halogens is 1. The zero-order chi connectivity index (χ0) is 25.8. The third-order valence-corrected chi connectivity index (χ3v) is 8.28. The summed E-state index contributed by atoms with van der Waals surface area (Å²) in [6.45, 7) is 4.76. The third kappa shape index (κ3) is 4.27. The number of pyridine rings is 1. The summed E-state index contributed by atoms with van der Waals surface area (Å²) in [5.74, 6) is 1.68. The lowest BCUT2D eigenvalue weighted by Gasteiger charge is -2.36. The van der Waals surface area contributed by atoms with Crippen molar-refractivity contribution in [3.05, 3.63) is 75.7 Å². The van der Waals surface area contributed by atoms with E-state index in [9.17, 15) is 14.9 Å². The van der Waals surface area contributed by atoms with Gasteiger partial charge in [0.05, 0.1) is 29.4 Å². The van der Waals surface area contributed by atoms with Crippen molar-refractivity contribution < 1.29 is 9.59 Å². The van der Waals surface area contributed by atoms with Gasteiger partial charge >= 0.3 is 0 Å². The van der Waals surface area contributed by atoms with Crippen LogP contribution in [-0.4, -0.2) is 39.2 Å². The molecule has 2 aliphatic carbocycles. The number of nitrogens with zero attached hydrogens (tertiary/aromatic N) is 5. The number of hydrogen-bond acceptors (Lipinski definition) is 5. The monoisotopic (exact) mass is 514 g/mol. The quantitative estimate of drug-likeness (QED) is 0.525. The molecule has 3 atom stereocenters. The molecule has 3 aliphatic rings. The molecule has 188 valence electrons. The van der Waals surface area contributed by atoms with Gasteiger partial charge in [0.25, 0.3) is 5.91 Å². The maximum absolute atomic E-state index is 12.9. The van der Waals surface area contributed by atoms with Crippen molar-refractivity contribution in [2.24, 2.45) is 11.8 Å². The molecule has 2 amide bonds. The van der Waals surface area contributed by atoms with Gasteiger partial charge < -0.3 is 5.32 Å². The van der Waals surface area contributed by atoms with E-state index in [2.05, 4.69) is 21.5 Å². The molecule has 2 aromatic heterocycles. The molecule has 0 radical (unpaired) electrons. The van der Waals surface area contributed by atoms with Gasteiger partial charge in [-0.2, -0.15) is 10.4 Å². The molecule has 8 nitrogen and oxygen atoms in total. The van der Waals surface area contributed by atoms with Crippen LogP contribution in [0.25, 0.3) is 0 Å². The molecule has 3 heterocycles. The highest BCUT2D eigenvalue weighted by Crippen LogP contribution is 2.47. The Kier molecular flexibility index (Phi) is 5.76. The zero-order valence-electron chi connectivity index (χ0n) is 20.7. The van der Waals surface area contributed by atoms with Crippen LogP contribution in [0.3, 0.4) is 0 Å². The van der Waals surface area contributed by atoms with E-state index < -0.39 is 0 Å². The predicted octanol–water partition coefficient (Wildman–Crippen LogP) is 4.38. The molecule has 0 bridgehead atoms. The van der Waals surface area contributed by atoms with E-state index in [1.54, 1.807) is 35.4 Å². The highest BCUT2D eigenvalue weighted by Gasteiger charge is 2.53. The second-order valence-electron chi connectivity index (χ2n) is 10.5. The maximum Gasteiger partial charge on any atom is 0.254 e. The van der Waals surface area contributed by atoms with Crippen LogP contribution < -0.4 is 10.2 Å². The first-order valence-corrected chi connectivity index (χ1v) is 13.0. The van der Waals surface area contributed by atoms with E-state index in [-0.39, 0.29) is 35.7 Å². The summed E-state index contributed by atoms with van der Waals surface area (Å²) >= 11 is 6.12. The molecule has 1 N–H and O–H groups in total. The van der Waals surface area contributed by atoms with Crippen LogP contribution in [0.15, 0.2) is 42.9 Å². The lowest BCUT2D eigenvalue weighted by molar-refractivity contribution is -0.118. The lowest BCUT2D eigenvalue weighted by atomic mass is 9.74. The van der Waals surface area contributed by atoms with Gasteiger partial charge in [-0.25, -0.2) is 4.98 Å². The predicted molar refractivity (Wildman–Crippen MR) is 138 cm³/mol. The number of hydrogen-bond donors (Lipinski definition) is 1. The summed E-state index contributed by atoms with van der Waals surface area (Å²) in [6, 6.07) is 9.52. The summed E-state index contributed by atoms with van der Waals surface area (Å²) < 4.78 is 1.76. The molecular weight excluding hydrogens is 488 g/mol. The van der Waals surface area contributed by atoms with Crippen LogP contribution in [0.4, 0.5) is 5.82 Å². The first-order valence-electron chi connectivity index (χ1n) is 12.6. The Bertz CT molecular complexity index is 1450. The van der Waals surface area contributed by atoms with E-state index >= 15 is 0 Å². The van der Waals surface area contributed by atoms with Gasteiger partial charge in [-0.05, 0) is 85.9 Å². The minimum atomic E-state index is -0.163. The number of benzene rings is 1. The second-order valence-corrected chi connectivity index (χ2v) is 11.0. The van der Waals surface area contributed by atoms with Gasteiger partial charge in [-0.3, -0.25) is 19.2 Å². The van der Waals surface area contributed by atoms with Crippen LogP contribution in [0.2, 0.25) is 5.02 Å². The molecular formula is C28H27ClN6O2. The van der Waals surface area contributed by atoms with E-state index in [1.807, 2.05) is 30.9 Å². The number of rotatable bonds is 6. The fourth-order valence-electron chi connectivity index (χ4n) is 5.62. The van der Waals surface area contributed by atoms with Crippen molar-refractivity contribution in [3.8, 4) is 6.07 Å². The number of carbonyl (C=O) groups is 2. The summed E-state index contributed by atoms with van der Waals surface area (Å²) in [5, 5.41) is 17.5. The minimum Gasteiger partial charge on any atom is -0.349 e. The molecule has 1 aliphatic heterocycles. The van der Waals surface area contributed by atoms with Crippen molar-refractivity contribution in [3.63, 3.8) is 0 Å². The van der Waals surface area contributed by atoms with E-state index in [0.717, 1.165) is 48.3 Å². The normalized spacial score (nSPS) is 24.7. The first kappa shape index (κ1) is 23.7. The molecule has 9 heteroatoms. The van der Waals surface area contributed by atoms with Gasteiger partial charge in [0.2, 0.25) is 5.91 Å². The first-order chi connectivity index (χ1) is 17.8. The Morgan fingerprint density at radius 1 is 1.24 bits per heavy atom. The van der Waals surface area contributed by atoms with E-state index in [1.165, 1.54) is 0 Å². The fraction of sp³-hybridized carbons (Fsp3) is 0.393. The molecule has 6 rings (SSSR count). The van der Waals surface area contributed by atoms with Crippen LogP contribution in [0.5, 0.6) is 0 Å². The molecule has 1 aromatic carbocycles. The van der Waals surface area contributed by atoms with Crippen LogP contribution in [-0.2, 0) is 4.79 Å². The Balaban J connectivity index is 1.08. The molecule has 3 fully saturated rings. The molecule has 3 aromatic rings. The number of amides is 2. The van der Waals surface area contributed by atoms with Crippen molar-refractivity contribution >= 4 is 29.2 Å². The zero-order valence-corrected chi connectivity index (χ0v) is 21.4. The number of carbonyl (C=O) groups excluding carboxylic acids is 2. The Labute approximate surface area is 220 Å². The van der Waals surface area contributed by atoms with Gasteiger partial charge in [0, 0.05) is 35.9 Å². The topological polar surface area (TPSA) is 104 Å². The van der Waals surface area contributed by atoms with Crippen molar-refractivity contribution in [1.82, 2.24) is 20.1 Å². The number of nitrogens with one attached hydrogen (secondary N) is 1. The number of fused-ring (bicyclic) bond motifs is 1. The second kappa shape index (κ2) is 9.00. The largest absolute Gasteiger partial charge is 0.349 e. The maximum atomic E-state index is 12.9. The minimum absolute atomic E-state index is 0.0440. The third-order valence-electron chi connectivity index (χ3n) is 8.04. The molecule has 0 unspecified atom stereocenters. The molecule has 0 spiro atoms. The number of anilines is 1. The van der Waals surface area contributed by atoms with Gasteiger partial charge in [0.1, 0.15) is 5.82 Å². The lowest BCUT2D eigenvalue weighted by Crippen LogP contribution is -2.43. The van der Waals surface area contributed by atoms with E-state index in [0.29, 0.717) is 22.1 Å². The molecule has 37 heavy (non-hydrogen) atoms. The average Bonchev–Trinajstić information content (AvgIpc) is 3.32. The number of nitriles is 1. The van der Waals surface area contributed by atoms with Crippen molar-refractivity contribution in [2.75, 3.05) is 11.4 Å². The summed E-state index contributed by atoms with van der Waals surface area (Å²) in [5.41, 5.74) is 4.01. The molecule has 1 saturated heterocycles. The van der Waals surface area contributed by atoms with Gasteiger partial charge in [-0.15, -0.1) is 0 Å². The average molecular weight is 515 g/mol. The number of aryl methyl sites for hydroxylation is 1. The van der Waals surface area contributed by atoms with Crippen molar-refractivity contribution in [2.45, 2.75) is 51.1 Å². The summed E-state index contributed by atoms with van der Waals surface area (Å²) in [4.78, 5) is 31.8. The Morgan fingerprint density at radius 2 is 2.05 bits per heavy atom. The number of aromatic nitrogens is 3. The Morgan fingerprint density at radius 3 is 2.76 bits per heavy atom. The highest BCUT2D eigenvalue weighted by atomic mass is 35.5. The van der Waals surface area contributed by atoms with Gasteiger partial charge in [0.15, 0.2) is 0 Å². The SMILES string of the molecule is Cc1cc([C@@H](C)n2cc(C(=O)NC3CC(c4cc(Cl)ccc4C#N)C3)cn2)cnc1N1C[C@H]2C[C@H]2C1=O.